The molecule has 1 unspecified atom stereocenters. The molecule has 7 rings (SSSR count). The highest BCUT2D eigenvalue weighted by molar-refractivity contribution is 6.77. The Morgan fingerprint density at radius 2 is 1.27 bits per heavy atom. The first-order chi connectivity index (χ1) is 23.2. The van der Waals surface area contributed by atoms with E-state index in [-0.39, 0.29) is 18.7 Å². The van der Waals surface area contributed by atoms with Gasteiger partial charge in [-0.3, -0.25) is 4.90 Å². The number of aliphatic hydroxyl groups is 1. The summed E-state index contributed by atoms with van der Waals surface area (Å²) in [5.41, 5.74) is 9.23. The molecule has 4 aromatic carbocycles. The van der Waals surface area contributed by atoms with E-state index in [1.54, 1.807) is 7.11 Å². The first-order valence-electron chi connectivity index (χ1n) is 17.6. The molecule has 5 nitrogen and oxygen atoms in total. The molecule has 0 saturated carbocycles. The lowest BCUT2D eigenvalue weighted by atomic mass is 9.76. The molecule has 0 radical (unpaired) electrons. The third-order valence-corrected chi connectivity index (χ3v) is 17.5. The Hall–Kier alpha value is -3.68. The molecule has 2 aliphatic heterocycles. The van der Waals surface area contributed by atoms with Crippen molar-refractivity contribution in [3.8, 4) is 5.75 Å². The molecule has 48 heavy (non-hydrogen) atoms. The van der Waals surface area contributed by atoms with Crippen molar-refractivity contribution in [3.63, 3.8) is 0 Å². The topological polar surface area (TPSA) is 46.6 Å². The molecule has 2 aliphatic rings. The Morgan fingerprint density at radius 3 is 1.71 bits per heavy atom. The van der Waals surface area contributed by atoms with Gasteiger partial charge in [0, 0.05) is 23.2 Å². The Kier molecular flexibility index (Phi) is 8.65. The monoisotopic (exact) mass is 658 g/mol. The van der Waals surface area contributed by atoms with Crippen LogP contribution in [0, 0.1) is 0 Å². The predicted octanol–water partition coefficient (Wildman–Crippen LogP) is 9.57. The fraction of sp³-hybridized carbons (Fsp3) is 0.381. The number of benzene rings is 4. The van der Waals surface area contributed by atoms with Crippen LogP contribution >= 0.6 is 0 Å². The van der Waals surface area contributed by atoms with Crippen LogP contribution in [0.3, 0.4) is 0 Å². The Morgan fingerprint density at radius 1 is 0.771 bits per heavy atom. The number of aromatic nitrogens is 1. The quantitative estimate of drug-likeness (QED) is 0.0824. The molecular formula is C42H50N2O3Si. The van der Waals surface area contributed by atoms with Crippen LogP contribution in [0.4, 0.5) is 0 Å². The van der Waals surface area contributed by atoms with E-state index in [1.807, 2.05) is 0 Å². The second kappa shape index (κ2) is 12.6. The molecule has 5 aromatic rings. The van der Waals surface area contributed by atoms with Crippen molar-refractivity contribution in [1.29, 1.82) is 0 Å². The number of hydrogen-bond donors (Lipinski definition) is 1. The minimum Gasteiger partial charge on any atom is -0.496 e. The van der Waals surface area contributed by atoms with Crippen LogP contribution in [0.1, 0.15) is 81.1 Å². The van der Waals surface area contributed by atoms with Gasteiger partial charge in [0.25, 0.3) is 0 Å². The molecule has 0 aliphatic carbocycles. The molecule has 0 spiro atoms. The molecule has 3 heterocycles. The number of aliphatic hydroxyl groups excluding tert-OH is 1. The van der Waals surface area contributed by atoms with Gasteiger partial charge in [0.05, 0.1) is 43.5 Å². The second-order valence-electron chi connectivity index (χ2n) is 14.7. The van der Waals surface area contributed by atoms with E-state index in [9.17, 15) is 5.11 Å². The van der Waals surface area contributed by atoms with Crippen LogP contribution in [0.15, 0.2) is 103 Å². The Labute approximate surface area is 287 Å². The zero-order valence-corrected chi connectivity index (χ0v) is 30.5. The summed E-state index contributed by atoms with van der Waals surface area (Å²) in [5.74, 6) is 0.812. The second-order valence-corrected chi connectivity index (χ2v) is 20.1. The standard InChI is InChI=1S/C42H50N2O3Si/c1-28(2)48(29(3)4,30(5)6)47-27-31-23-36-39(38(24-31)46-7)35(26-45)40-41-37(25-43(36)40)44(41)42(32-17-11-8-12-18-32,33-19-13-9-14-20-33)34-21-15-10-16-22-34/h8-24,28-30,37,41,45H,25-27H2,1-7H3/t37-,41-,44?/m0/s1. The minimum atomic E-state index is -2.05. The van der Waals surface area contributed by atoms with Crippen LogP contribution in [-0.4, -0.2) is 36.0 Å². The van der Waals surface area contributed by atoms with Crippen LogP contribution in [0.5, 0.6) is 5.75 Å². The lowest BCUT2D eigenvalue weighted by Gasteiger charge is -2.42. The molecule has 0 amide bonds. The van der Waals surface area contributed by atoms with Crippen molar-refractivity contribution < 1.29 is 14.3 Å². The SMILES string of the molecule is COc1cc(CO[Si](C(C)C)(C(C)C)C(C)C)cc2c1c(CO)c1n2C[C@H]2[C@@H]1N2C(c1ccccc1)(c1ccccc1)c1ccccc1. The van der Waals surface area contributed by atoms with Gasteiger partial charge in [-0.1, -0.05) is 133 Å². The van der Waals surface area contributed by atoms with E-state index >= 15 is 0 Å². The molecule has 0 bridgehead atoms. The summed E-state index contributed by atoms with van der Waals surface area (Å²) in [5, 5.41) is 12.1. The Bertz CT molecular complexity index is 1770. The van der Waals surface area contributed by atoms with Crippen molar-refractivity contribution in [3.05, 3.63) is 137 Å². The van der Waals surface area contributed by atoms with Gasteiger partial charge in [-0.25, -0.2) is 0 Å². The minimum absolute atomic E-state index is 0.0405. The van der Waals surface area contributed by atoms with E-state index in [2.05, 4.69) is 154 Å². The van der Waals surface area contributed by atoms with Gasteiger partial charge in [0.2, 0.25) is 8.32 Å². The molecule has 1 saturated heterocycles. The summed E-state index contributed by atoms with van der Waals surface area (Å²) in [6.45, 7) is 15.4. The number of ether oxygens (including phenoxy) is 1. The largest absolute Gasteiger partial charge is 0.496 e. The van der Waals surface area contributed by atoms with Gasteiger partial charge in [0.15, 0.2) is 0 Å². The van der Waals surface area contributed by atoms with Gasteiger partial charge in [-0.15, -0.1) is 0 Å². The number of methoxy groups -OCH3 is 1. The highest BCUT2D eigenvalue weighted by Crippen LogP contribution is 2.63. The van der Waals surface area contributed by atoms with Crippen molar-refractivity contribution in [1.82, 2.24) is 9.47 Å². The van der Waals surface area contributed by atoms with Crippen molar-refractivity contribution in [2.45, 2.75) is 95.5 Å². The van der Waals surface area contributed by atoms with Crippen LogP contribution in [0.25, 0.3) is 10.9 Å². The molecular weight excluding hydrogens is 609 g/mol. The van der Waals surface area contributed by atoms with Crippen LogP contribution in [0.2, 0.25) is 16.6 Å². The van der Waals surface area contributed by atoms with Crippen molar-refractivity contribution >= 4 is 19.2 Å². The highest BCUT2D eigenvalue weighted by atomic mass is 28.4. The summed E-state index contributed by atoms with van der Waals surface area (Å²) < 4.78 is 15.6. The molecule has 1 fully saturated rings. The van der Waals surface area contributed by atoms with E-state index < -0.39 is 13.9 Å². The zero-order chi connectivity index (χ0) is 33.8. The van der Waals surface area contributed by atoms with E-state index in [4.69, 9.17) is 9.16 Å². The van der Waals surface area contributed by atoms with Crippen molar-refractivity contribution in [2.24, 2.45) is 0 Å². The molecule has 250 valence electrons. The van der Waals surface area contributed by atoms with E-state index in [0.717, 1.165) is 34.3 Å². The maximum absolute atomic E-state index is 11.0. The first-order valence-corrected chi connectivity index (χ1v) is 19.8. The lowest BCUT2D eigenvalue weighted by Crippen LogP contribution is -2.47. The summed E-state index contributed by atoms with van der Waals surface area (Å²) in [4.78, 5) is 2.69. The number of rotatable bonds is 12. The van der Waals surface area contributed by atoms with Gasteiger partial charge in [-0.2, -0.15) is 0 Å². The number of fused-ring (bicyclic) bond motifs is 5. The third kappa shape index (κ3) is 4.83. The molecule has 6 heteroatoms. The van der Waals surface area contributed by atoms with Gasteiger partial charge in [-0.05, 0) is 51.0 Å². The highest BCUT2D eigenvalue weighted by Gasteiger charge is 2.65. The van der Waals surface area contributed by atoms with Gasteiger partial charge >= 0.3 is 0 Å². The normalized spacial score (nSPS) is 18.9. The summed E-state index contributed by atoms with van der Waals surface area (Å²) in [7, 11) is -0.306. The lowest BCUT2D eigenvalue weighted by molar-refractivity contribution is 0.265. The van der Waals surface area contributed by atoms with Crippen LogP contribution < -0.4 is 4.74 Å². The van der Waals surface area contributed by atoms with Gasteiger partial charge in [0.1, 0.15) is 5.75 Å². The van der Waals surface area contributed by atoms with Gasteiger partial charge < -0.3 is 18.8 Å². The number of hydrogen-bond acceptors (Lipinski definition) is 4. The summed E-state index contributed by atoms with van der Waals surface area (Å²) in [6.07, 6.45) is 0. The molecule has 3 atom stereocenters. The zero-order valence-electron chi connectivity index (χ0n) is 29.5. The molecule has 1 aromatic heterocycles. The average molecular weight is 659 g/mol. The smallest absolute Gasteiger partial charge is 0.200 e. The third-order valence-electron chi connectivity index (χ3n) is 11.5. The maximum Gasteiger partial charge on any atom is 0.200 e. The summed E-state index contributed by atoms with van der Waals surface area (Å²) >= 11 is 0. The van der Waals surface area contributed by atoms with Crippen molar-refractivity contribution in [2.75, 3.05) is 7.11 Å². The predicted molar refractivity (Wildman–Crippen MR) is 198 cm³/mol. The summed E-state index contributed by atoms with van der Waals surface area (Å²) in [6, 6.07) is 37.6. The fourth-order valence-electron chi connectivity index (χ4n) is 9.65. The first kappa shape index (κ1) is 32.8. The maximum atomic E-state index is 11.0. The Balaban J connectivity index is 1.36. The van der Waals surface area contributed by atoms with E-state index in [1.165, 1.54) is 22.4 Å². The fourth-order valence-corrected chi connectivity index (χ4v) is 15.1. The van der Waals surface area contributed by atoms with E-state index in [0.29, 0.717) is 23.2 Å². The number of nitrogens with zero attached hydrogens (tertiary/aromatic N) is 2. The molecule has 1 N–H and O–H groups in total. The average Bonchev–Trinajstić information content (AvgIpc) is 3.50. The van der Waals surface area contributed by atoms with Crippen LogP contribution in [-0.2, 0) is 29.7 Å².